The number of aromatic carboxylic acids is 1. The van der Waals surface area contributed by atoms with Gasteiger partial charge in [-0.15, -0.1) is 0 Å². The van der Waals surface area contributed by atoms with Crippen molar-refractivity contribution in [2.75, 3.05) is 6.54 Å². The van der Waals surface area contributed by atoms with Crippen molar-refractivity contribution in [2.24, 2.45) is 0 Å². The molecule has 1 aromatic carbocycles. The summed E-state index contributed by atoms with van der Waals surface area (Å²) >= 11 is 0. The summed E-state index contributed by atoms with van der Waals surface area (Å²) in [7, 11) is 0. The Bertz CT molecular complexity index is 456. The Hall–Kier alpha value is -1.39. The molecule has 0 radical (unpaired) electrons. The van der Waals surface area contributed by atoms with Crippen molar-refractivity contribution in [1.82, 2.24) is 4.90 Å². The summed E-state index contributed by atoms with van der Waals surface area (Å²) in [6.45, 7) is 5.29. The molecule has 0 fully saturated rings. The van der Waals surface area contributed by atoms with Crippen LogP contribution < -0.4 is 0 Å². The van der Waals surface area contributed by atoms with Crippen LogP contribution in [0.3, 0.4) is 0 Å². The van der Waals surface area contributed by atoms with E-state index in [1.807, 2.05) is 13.0 Å². The standard InChI is InChI=1S/C14H19NO3/c1-9(10(2)16)15-7-6-12-11(8-15)4-3-5-13(12)14(17)18/h3-5,9-10,16H,6-8H2,1-2H3,(H,17,18). The van der Waals surface area contributed by atoms with Crippen LogP contribution in [0.1, 0.15) is 35.3 Å². The summed E-state index contributed by atoms with van der Waals surface area (Å²) in [6.07, 6.45) is 0.351. The molecule has 2 atom stereocenters. The van der Waals surface area contributed by atoms with Crippen LogP contribution in [0.5, 0.6) is 0 Å². The summed E-state index contributed by atoms with van der Waals surface area (Å²) in [6, 6.07) is 5.52. The molecule has 1 aliphatic rings. The Morgan fingerprint density at radius 1 is 1.39 bits per heavy atom. The van der Waals surface area contributed by atoms with E-state index in [1.165, 1.54) is 0 Å². The summed E-state index contributed by atoms with van der Waals surface area (Å²) in [4.78, 5) is 13.3. The van der Waals surface area contributed by atoms with Crippen LogP contribution in [0.4, 0.5) is 0 Å². The first kappa shape index (κ1) is 13.1. The minimum atomic E-state index is -0.858. The molecule has 0 saturated carbocycles. The molecule has 0 aliphatic carbocycles. The van der Waals surface area contributed by atoms with Crippen LogP contribution in [0.15, 0.2) is 18.2 Å². The van der Waals surface area contributed by atoms with Crippen LogP contribution >= 0.6 is 0 Å². The maximum Gasteiger partial charge on any atom is 0.335 e. The molecular weight excluding hydrogens is 230 g/mol. The highest BCUT2D eigenvalue weighted by Crippen LogP contribution is 2.24. The Labute approximate surface area is 107 Å². The Morgan fingerprint density at radius 3 is 2.72 bits per heavy atom. The van der Waals surface area contributed by atoms with Gasteiger partial charge >= 0.3 is 5.97 Å². The maximum atomic E-state index is 11.1. The van der Waals surface area contributed by atoms with E-state index in [2.05, 4.69) is 4.90 Å². The number of fused-ring (bicyclic) bond motifs is 1. The molecule has 98 valence electrons. The fraction of sp³-hybridized carbons (Fsp3) is 0.500. The third-order valence-corrected chi connectivity index (χ3v) is 3.80. The van der Waals surface area contributed by atoms with Gasteiger partial charge in [-0.2, -0.15) is 0 Å². The van der Waals surface area contributed by atoms with Crippen molar-refractivity contribution in [3.63, 3.8) is 0 Å². The van der Waals surface area contributed by atoms with Crippen LogP contribution in [-0.4, -0.2) is 39.8 Å². The predicted octanol–water partition coefficient (Wildman–Crippen LogP) is 1.51. The molecule has 4 nitrogen and oxygen atoms in total. The highest BCUT2D eigenvalue weighted by atomic mass is 16.4. The molecule has 1 aliphatic heterocycles. The van der Waals surface area contributed by atoms with Gasteiger partial charge in [-0.05, 0) is 37.5 Å². The fourth-order valence-electron chi connectivity index (χ4n) is 2.48. The number of aliphatic hydroxyl groups excluding tert-OH is 1. The monoisotopic (exact) mass is 249 g/mol. The molecular formula is C14H19NO3. The highest BCUT2D eigenvalue weighted by molar-refractivity contribution is 5.89. The van der Waals surface area contributed by atoms with Crippen molar-refractivity contribution < 1.29 is 15.0 Å². The van der Waals surface area contributed by atoms with E-state index < -0.39 is 5.97 Å². The number of aliphatic hydroxyl groups is 1. The van der Waals surface area contributed by atoms with Gasteiger partial charge in [0.1, 0.15) is 0 Å². The van der Waals surface area contributed by atoms with Gasteiger partial charge in [0, 0.05) is 19.1 Å². The van der Waals surface area contributed by atoms with Gasteiger partial charge in [-0.3, -0.25) is 4.90 Å². The largest absolute Gasteiger partial charge is 0.478 e. The Morgan fingerprint density at radius 2 is 2.11 bits per heavy atom. The third-order valence-electron chi connectivity index (χ3n) is 3.80. The van der Waals surface area contributed by atoms with Crippen molar-refractivity contribution in [3.8, 4) is 0 Å². The molecule has 0 spiro atoms. The average molecular weight is 249 g/mol. The molecule has 2 rings (SSSR count). The van der Waals surface area contributed by atoms with E-state index in [4.69, 9.17) is 5.11 Å². The van der Waals surface area contributed by atoms with E-state index in [9.17, 15) is 9.90 Å². The first-order valence-electron chi connectivity index (χ1n) is 6.27. The van der Waals surface area contributed by atoms with Crippen LogP contribution in [0, 0.1) is 0 Å². The van der Waals surface area contributed by atoms with Gasteiger partial charge in [0.15, 0.2) is 0 Å². The molecule has 4 heteroatoms. The van der Waals surface area contributed by atoms with E-state index in [0.717, 1.165) is 24.1 Å². The molecule has 1 aromatic rings. The minimum absolute atomic E-state index is 0.0895. The molecule has 0 amide bonds. The van der Waals surface area contributed by atoms with Crippen molar-refractivity contribution in [3.05, 3.63) is 34.9 Å². The smallest absolute Gasteiger partial charge is 0.335 e. The summed E-state index contributed by atoms with van der Waals surface area (Å²) in [5.41, 5.74) is 2.42. The summed E-state index contributed by atoms with van der Waals surface area (Å²) in [5.74, 6) is -0.858. The number of carboxylic acids is 1. The second kappa shape index (κ2) is 5.08. The number of hydrogen-bond acceptors (Lipinski definition) is 3. The van der Waals surface area contributed by atoms with E-state index >= 15 is 0 Å². The number of rotatable bonds is 3. The van der Waals surface area contributed by atoms with E-state index in [0.29, 0.717) is 12.1 Å². The number of nitrogens with zero attached hydrogens (tertiary/aromatic N) is 1. The number of carbonyl (C=O) groups is 1. The lowest BCUT2D eigenvalue weighted by atomic mass is 9.93. The fourth-order valence-corrected chi connectivity index (χ4v) is 2.48. The van der Waals surface area contributed by atoms with Gasteiger partial charge in [-0.1, -0.05) is 12.1 Å². The van der Waals surface area contributed by atoms with Gasteiger partial charge in [0.2, 0.25) is 0 Å². The Balaban J connectivity index is 2.26. The van der Waals surface area contributed by atoms with Crippen molar-refractivity contribution in [2.45, 2.75) is 39.0 Å². The van der Waals surface area contributed by atoms with Gasteiger partial charge in [0.05, 0.1) is 11.7 Å². The molecule has 18 heavy (non-hydrogen) atoms. The topological polar surface area (TPSA) is 60.8 Å². The van der Waals surface area contributed by atoms with Gasteiger partial charge in [0.25, 0.3) is 0 Å². The maximum absolute atomic E-state index is 11.1. The van der Waals surface area contributed by atoms with Crippen LogP contribution in [0.25, 0.3) is 0 Å². The summed E-state index contributed by atoms with van der Waals surface area (Å²) < 4.78 is 0. The molecule has 1 heterocycles. The van der Waals surface area contributed by atoms with E-state index in [-0.39, 0.29) is 12.1 Å². The van der Waals surface area contributed by atoms with Gasteiger partial charge < -0.3 is 10.2 Å². The van der Waals surface area contributed by atoms with Crippen molar-refractivity contribution in [1.29, 1.82) is 0 Å². The summed E-state index contributed by atoms with van der Waals surface area (Å²) in [5, 5.41) is 18.8. The van der Waals surface area contributed by atoms with Crippen LogP contribution in [0.2, 0.25) is 0 Å². The van der Waals surface area contributed by atoms with Crippen LogP contribution in [-0.2, 0) is 13.0 Å². The predicted molar refractivity (Wildman–Crippen MR) is 68.7 cm³/mol. The zero-order valence-corrected chi connectivity index (χ0v) is 10.8. The second-order valence-corrected chi connectivity index (χ2v) is 4.95. The highest BCUT2D eigenvalue weighted by Gasteiger charge is 2.25. The minimum Gasteiger partial charge on any atom is -0.478 e. The van der Waals surface area contributed by atoms with E-state index in [1.54, 1.807) is 19.1 Å². The number of hydrogen-bond donors (Lipinski definition) is 2. The zero-order valence-electron chi connectivity index (χ0n) is 10.8. The lowest BCUT2D eigenvalue weighted by molar-refractivity contribution is 0.0613. The Kier molecular flexibility index (Phi) is 3.68. The molecule has 0 saturated heterocycles. The van der Waals surface area contributed by atoms with Gasteiger partial charge in [-0.25, -0.2) is 4.79 Å². The first-order valence-corrected chi connectivity index (χ1v) is 6.27. The molecule has 2 N–H and O–H groups in total. The molecule has 2 unspecified atom stereocenters. The second-order valence-electron chi connectivity index (χ2n) is 4.95. The SMILES string of the molecule is CC(O)C(C)N1CCc2c(cccc2C(=O)O)C1. The lowest BCUT2D eigenvalue weighted by Crippen LogP contribution is -2.43. The quantitative estimate of drug-likeness (QED) is 0.852. The third kappa shape index (κ3) is 2.40. The number of carboxylic acid groups (broad SMARTS) is 1. The number of benzene rings is 1. The lowest BCUT2D eigenvalue weighted by Gasteiger charge is -2.35. The molecule has 0 aromatic heterocycles. The molecule has 0 bridgehead atoms. The zero-order chi connectivity index (χ0) is 13.3. The average Bonchev–Trinajstić information content (AvgIpc) is 2.36. The van der Waals surface area contributed by atoms with Crippen molar-refractivity contribution >= 4 is 5.97 Å². The first-order chi connectivity index (χ1) is 8.50. The normalized spacial score (nSPS) is 19.1.